The van der Waals surface area contributed by atoms with E-state index in [1.165, 1.54) is 0 Å². The second-order valence-electron chi connectivity index (χ2n) is 9.65. The Morgan fingerprint density at radius 3 is 2.47 bits per heavy atom. The van der Waals surface area contributed by atoms with Gasteiger partial charge in [-0.25, -0.2) is 9.67 Å². The third-order valence-electron chi connectivity index (χ3n) is 6.67. The van der Waals surface area contributed by atoms with Crippen molar-refractivity contribution in [3.05, 3.63) is 65.2 Å². The van der Waals surface area contributed by atoms with Crippen molar-refractivity contribution >= 4 is 28.5 Å². The average molecular weight is 486 g/mol. The summed E-state index contributed by atoms with van der Waals surface area (Å²) in [6, 6.07) is 11.0. The number of rotatable bonds is 5. The molecule has 1 aliphatic rings. The first-order valence-electron chi connectivity index (χ1n) is 12.5. The van der Waals surface area contributed by atoms with Gasteiger partial charge in [-0.1, -0.05) is 12.1 Å². The Bertz CT molecular complexity index is 1440. The molecule has 0 aliphatic carbocycles. The van der Waals surface area contributed by atoms with E-state index < -0.39 is 0 Å². The number of nitrogens with one attached hydrogen (secondary N) is 1. The van der Waals surface area contributed by atoms with Gasteiger partial charge in [0.15, 0.2) is 5.65 Å². The lowest BCUT2D eigenvalue weighted by atomic mass is 10.1. The maximum atomic E-state index is 13.7. The summed E-state index contributed by atoms with van der Waals surface area (Å²) in [5, 5.41) is 8.16. The molecule has 4 heterocycles. The van der Waals surface area contributed by atoms with Crippen molar-refractivity contribution in [3.8, 4) is 11.3 Å². The number of benzene rings is 1. The van der Waals surface area contributed by atoms with Crippen LogP contribution in [0.1, 0.15) is 71.4 Å². The van der Waals surface area contributed by atoms with E-state index in [-0.39, 0.29) is 17.9 Å². The van der Waals surface area contributed by atoms with Gasteiger partial charge in [0.25, 0.3) is 11.8 Å². The number of nitrogens with zero attached hydrogens (tertiary/aromatic N) is 4. The maximum Gasteiger partial charge on any atom is 0.256 e. The smallest absolute Gasteiger partial charge is 0.256 e. The number of carbonyl (C=O) groups excluding carboxylic acids is 2. The molecule has 2 amide bonds. The van der Waals surface area contributed by atoms with Crippen molar-refractivity contribution < 1.29 is 14.0 Å². The van der Waals surface area contributed by atoms with Gasteiger partial charge in [-0.2, -0.15) is 5.10 Å². The number of likely N-dealkylation sites (tertiary alicyclic amines) is 1. The number of para-hydroxylation sites is 1. The lowest BCUT2D eigenvalue weighted by Crippen LogP contribution is -2.36. The molecular weight excluding hydrogens is 454 g/mol. The number of hydrogen-bond donors (Lipinski definition) is 1. The van der Waals surface area contributed by atoms with Crippen molar-refractivity contribution in [2.45, 2.75) is 53.0 Å². The lowest BCUT2D eigenvalue weighted by Gasteiger charge is -2.27. The number of furan rings is 1. The van der Waals surface area contributed by atoms with E-state index in [9.17, 15) is 9.59 Å². The Morgan fingerprint density at radius 2 is 1.78 bits per heavy atom. The number of aromatic nitrogens is 3. The summed E-state index contributed by atoms with van der Waals surface area (Å²) in [4.78, 5) is 33.7. The first-order valence-corrected chi connectivity index (χ1v) is 12.5. The molecule has 186 valence electrons. The Balaban J connectivity index is 1.56. The fraction of sp³-hybridized carbons (Fsp3) is 0.357. The Kier molecular flexibility index (Phi) is 6.35. The summed E-state index contributed by atoms with van der Waals surface area (Å²) < 4.78 is 7.54. The number of aryl methyl sites for hydroxylation is 2. The topological polar surface area (TPSA) is 93.3 Å². The number of carbonyl (C=O) groups is 2. The lowest BCUT2D eigenvalue weighted by molar-refractivity contribution is 0.0725. The van der Waals surface area contributed by atoms with Crippen LogP contribution in [0, 0.1) is 13.8 Å². The number of piperidine rings is 1. The van der Waals surface area contributed by atoms with E-state index in [0.717, 1.165) is 49.4 Å². The van der Waals surface area contributed by atoms with Gasteiger partial charge in [-0.3, -0.25) is 9.59 Å². The van der Waals surface area contributed by atoms with Gasteiger partial charge in [0.2, 0.25) is 0 Å². The largest absolute Gasteiger partial charge is 0.466 e. The van der Waals surface area contributed by atoms with Gasteiger partial charge >= 0.3 is 0 Å². The van der Waals surface area contributed by atoms with E-state index in [0.29, 0.717) is 33.5 Å². The zero-order valence-corrected chi connectivity index (χ0v) is 21.2. The molecule has 4 aromatic rings. The molecule has 0 bridgehead atoms. The molecule has 0 spiro atoms. The number of pyridine rings is 1. The van der Waals surface area contributed by atoms with E-state index in [1.807, 2.05) is 55.5 Å². The zero-order valence-electron chi connectivity index (χ0n) is 21.2. The SMILES string of the molecule is Cc1cc(-c2cc(C(=O)Nc3ccccc3C(=O)N3CCCCC3)c3cnn(C(C)C)c3n2)c(C)o1. The molecule has 0 saturated carbocycles. The van der Waals surface area contributed by atoms with E-state index in [1.54, 1.807) is 24.4 Å². The molecule has 1 N–H and O–H groups in total. The second kappa shape index (κ2) is 9.60. The normalized spacial score (nSPS) is 14.0. The van der Waals surface area contributed by atoms with Crippen LogP contribution in [0.4, 0.5) is 5.69 Å². The average Bonchev–Trinajstić information content (AvgIpc) is 3.46. The quantitative estimate of drug-likeness (QED) is 0.387. The fourth-order valence-electron chi connectivity index (χ4n) is 4.84. The van der Waals surface area contributed by atoms with Crippen molar-refractivity contribution in [2.75, 3.05) is 18.4 Å². The number of hydrogen-bond acceptors (Lipinski definition) is 5. The van der Waals surface area contributed by atoms with Crippen molar-refractivity contribution in [3.63, 3.8) is 0 Å². The first-order chi connectivity index (χ1) is 17.3. The van der Waals surface area contributed by atoms with Gasteiger partial charge in [0, 0.05) is 24.7 Å². The van der Waals surface area contributed by atoms with Crippen LogP contribution in [-0.2, 0) is 0 Å². The molecule has 1 fully saturated rings. The summed E-state index contributed by atoms with van der Waals surface area (Å²) >= 11 is 0. The Hall–Kier alpha value is -3.94. The molecule has 8 nitrogen and oxygen atoms in total. The van der Waals surface area contributed by atoms with Crippen molar-refractivity contribution in [1.29, 1.82) is 0 Å². The van der Waals surface area contributed by atoms with Gasteiger partial charge in [-0.15, -0.1) is 0 Å². The molecule has 8 heteroatoms. The van der Waals surface area contributed by atoms with Crippen LogP contribution >= 0.6 is 0 Å². The summed E-state index contributed by atoms with van der Waals surface area (Å²) in [7, 11) is 0. The number of fused-ring (bicyclic) bond motifs is 1. The number of amides is 2. The van der Waals surface area contributed by atoms with Gasteiger partial charge in [0.05, 0.1) is 34.1 Å². The van der Waals surface area contributed by atoms with Crippen molar-refractivity contribution in [2.24, 2.45) is 0 Å². The Morgan fingerprint density at radius 1 is 1.03 bits per heavy atom. The molecule has 1 aliphatic heterocycles. The van der Waals surface area contributed by atoms with Crippen LogP contribution in [0.15, 0.2) is 47.0 Å². The minimum Gasteiger partial charge on any atom is -0.466 e. The zero-order chi connectivity index (χ0) is 25.4. The summed E-state index contributed by atoms with van der Waals surface area (Å²) in [5.74, 6) is 1.14. The van der Waals surface area contributed by atoms with Crippen LogP contribution < -0.4 is 5.32 Å². The van der Waals surface area contributed by atoms with E-state index in [4.69, 9.17) is 9.40 Å². The Labute approximate surface area is 210 Å². The van der Waals surface area contributed by atoms with Gasteiger partial charge in [-0.05, 0) is 71.2 Å². The predicted octanol–water partition coefficient (Wildman–Crippen LogP) is 5.77. The molecule has 0 unspecified atom stereocenters. The molecule has 1 aromatic carbocycles. The molecule has 5 rings (SSSR count). The molecular formula is C28H31N5O3. The van der Waals surface area contributed by atoms with Crippen LogP contribution in [-0.4, -0.2) is 44.6 Å². The highest BCUT2D eigenvalue weighted by Crippen LogP contribution is 2.31. The van der Waals surface area contributed by atoms with E-state index >= 15 is 0 Å². The van der Waals surface area contributed by atoms with Gasteiger partial charge < -0.3 is 14.6 Å². The van der Waals surface area contributed by atoms with Crippen LogP contribution in [0.5, 0.6) is 0 Å². The monoisotopic (exact) mass is 485 g/mol. The minimum atomic E-state index is -0.316. The van der Waals surface area contributed by atoms with Crippen LogP contribution in [0.2, 0.25) is 0 Å². The highest BCUT2D eigenvalue weighted by Gasteiger charge is 2.24. The summed E-state index contributed by atoms with van der Waals surface area (Å²) in [5.41, 5.74) is 3.54. The first kappa shape index (κ1) is 23.8. The third kappa shape index (κ3) is 4.39. The fourth-order valence-corrected chi connectivity index (χ4v) is 4.84. The molecule has 0 radical (unpaired) electrons. The maximum absolute atomic E-state index is 13.7. The van der Waals surface area contributed by atoms with Crippen molar-refractivity contribution in [1.82, 2.24) is 19.7 Å². The highest BCUT2D eigenvalue weighted by atomic mass is 16.3. The molecule has 1 saturated heterocycles. The minimum absolute atomic E-state index is 0.0525. The summed E-state index contributed by atoms with van der Waals surface area (Å²) in [6.45, 7) is 9.31. The number of anilines is 1. The van der Waals surface area contributed by atoms with Gasteiger partial charge in [0.1, 0.15) is 11.5 Å². The third-order valence-corrected chi connectivity index (χ3v) is 6.67. The van der Waals surface area contributed by atoms with E-state index in [2.05, 4.69) is 10.4 Å². The molecule has 36 heavy (non-hydrogen) atoms. The highest BCUT2D eigenvalue weighted by molar-refractivity contribution is 6.14. The second-order valence-corrected chi connectivity index (χ2v) is 9.65. The van der Waals surface area contributed by atoms with Crippen LogP contribution in [0.3, 0.4) is 0 Å². The molecule has 3 aromatic heterocycles. The predicted molar refractivity (Wildman–Crippen MR) is 139 cm³/mol. The standard InChI is InChI=1S/C28H31N5O3/c1-17(2)33-26-23(16-29-33)22(15-25(30-26)21-14-18(3)36-19(21)4)27(34)31-24-11-7-6-10-20(24)28(35)32-12-8-5-9-13-32/h6-7,10-11,14-17H,5,8-9,12-13H2,1-4H3,(H,31,34). The molecule has 0 atom stereocenters. The summed E-state index contributed by atoms with van der Waals surface area (Å²) in [6.07, 6.45) is 4.83. The van der Waals surface area contributed by atoms with Crippen LogP contribution in [0.25, 0.3) is 22.3 Å².